The highest BCUT2D eigenvalue weighted by molar-refractivity contribution is 7.89. The van der Waals surface area contributed by atoms with Crippen molar-refractivity contribution in [3.05, 3.63) is 40.8 Å². The first-order valence-electron chi connectivity index (χ1n) is 7.26. The van der Waals surface area contributed by atoms with E-state index in [0.717, 1.165) is 25.7 Å². The second-order valence-corrected chi connectivity index (χ2v) is 7.40. The monoisotopic (exact) mass is 358 g/mol. The summed E-state index contributed by atoms with van der Waals surface area (Å²) in [5.74, 6) is 0. The van der Waals surface area contributed by atoms with Gasteiger partial charge in [-0.3, -0.25) is 0 Å². The molecule has 1 saturated carbocycles. The minimum atomic E-state index is -3.59. The summed E-state index contributed by atoms with van der Waals surface area (Å²) in [4.78, 5) is 11.3. The molecule has 0 amide bonds. The number of rotatable bonds is 3. The molecule has 1 aromatic carbocycles. The molecule has 0 saturated heterocycles. The van der Waals surface area contributed by atoms with Crippen LogP contribution in [0.3, 0.4) is 0 Å². The Morgan fingerprint density at radius 1 is 1.09 bits per heavy atom. The van der Waals surface area contributed by atoms with Gasteiger partial charge in [0, 0.05) is 23.5 Å². The van der Waals surface area contributed by atoms with Crippen LogP contribution in [0.2, 0.25) is 0 Å². The van der Waals surface area contributed by atoms with E-state index >= 15 is 0 Å². The number of nitrogens with two attached hydrogens (primary N) is 1. The molecule has 1 heterocycles. The molecule has 6 nitrogen and oxygen atoms in total. The van der Waals surface area contributed by atoms with Crippen LogP contribution in [0, 0.1) is 0 Å². The normalized spacial score (nSPS) is 21.8. The van der Waals surface area contributed by atoms with Crippen LogP contribution in [0.5, 0.6) is 0 Å². The van der Waals surface area contributed by atoms with E-state index in [4.69, 9.17) is 10.2 Å². The summed E-state index contributed by atoms with van der Waals surface area (Å²) in [6.45, 7) is 0. The number of hydrogen-bond donors (Lipinski definition) is 2. The summed E-state index contributed by atoms with van der Waals surface area (Å²) in [5, 5.41) is 0.577. The highest BCUT2D eigenvalue weighted by Gasteiger charge is 2.24. The van der Waals surface area contributed by atoms with Gasteiger partial charge in [0.1, 0.15) is 5.58 Å². The van der Waals surface area contributed by atoms with Crippen molar-refractivity contribution in [1.82, 2.24) is 4.72 Å². The van der Waals surface area contributed by atoms with Gasteiger partial charge in [-0.2, -0.15) is 0 Å². The largest absolute Gasteiger partial charge is 0.423 e. The van der Waals surface area contributed by atoms with Crippen molar-refractivity contribution in [3.63, 3.8) is 0 Å². The number of hydrogen-bond acceptors (Lipinski definition) is 5. The molecule has 1 aliphatic carbocycles. The molecule has 0 atom stereocenters. The van der Waals surface area contributed by atoms with Crippen LogP contribution in [0.1, 0.15) is 25.7 Å². The first kappa shape index (κ1) is 17.9. The topological polar surface area (TPSA) is 102 Å². The third-order valence-electron chi connectivity index (χ3n) is 3.99. The minimum Gasteiger partial charge on any atom is -0.423 e. The second kappa shape index (κ2) is 7.00. The average molecular weight is 359 g/mol. The van der Waals surface area contributed by atoms with Crippen LogP contribution in [-0.4, -0.2) is 20.5 Å². The maximum absolute atomic E-state index is 12.5. The zero-order chi connectivity index (χ0) is 15.7. The summed E-state index contributed by atoms with van der Waals surface area (Å²) in [7, 11) is -3.59. The van der Waals surface area contributed by atoms with Crippen molar-refractivity contribution in [3.8, 4) is 0 Å². The first-order chi connectivity index (χ1) is 10.4. The van der Waals surface area contributed by atoms with Crippen molar-refractivity contribution in [1.29, 1.82) is 0 Å². The summed E-state index contributed by atoms with van der Waals surface area (Å²) in [6, 6.07) is 7.38. The lowest BCUT2D eigenvalue weighted by molar-refractivity contribution is 0.373. The lowest BCUT2D eigenvalue weighted by atomic mass is 9.93. The van der Waals surface area contributed by atoms with Crippen LogP contribution in [0.15, 0.2) is 44.4 Å². The fourth-order valence-electron chi connectivity index (χ4n) is 2.74. The second-order valence-electron chi connectivity index (χ2n) is 5.69. The predicted octanol–water partition coefficient (Wildman–Crippen LogP) is 1.76. The Kier molecular flexibility index (Phi) is 5.46. The number of nitrogens with one attached hydrogen (secondary N) is 1. The van der Waals surface area contributed by atoms with Crippen molar-refractivity contribution in [2.24, 2.45) is 5.73 Å². The molecule has 0 bridgehead atoms. The van der Waals surface area contributed by atoms with Gasteiger partial charge in [-0.15, -0.1) is 12.4 Å². The van der Waals surface area contributed by atoms with Gasteiger partial charge in [0.05, 0.1) is 4.90 Å². The fraction of sp³-hybridized carbons (Fsp3) is 0.400. The molecule has 1 aromatic heterocycles. The first-order valence-corrected chi connectivity index (χ1v) is 8.74. The summed E-state index contributed by atoms with van der Waals surface area (Å²) < 4.78 is 32.7. The van der Waals surface area contributed by atoms with Gasteiger partial charge in [-0.1, -0.05) is 0 Å². The molecule has 126 valence electrons. The molecule has 1 fully saturated rings. The van der Waals surface area contributed by atoms with Gasteiger partial charge in [-0.25, -0.2) is 17.9 Å². The quantitative estimate of drug-likeness (QED) is 0.814. The van der Waals surface area contributed by atoms with Crippen molar-refractivity contribution >= 4 is 33.4 Å². The van der Waals surface area contributed by atoms with Crippen molar-refractivity contribution < 1.29 is 12.8 Å². The number of benzene rings is 1. The Bertz CT molecular complexity index is 842. The maximum atomic E-state index is 12.5. The fourth-order valence-corrected chi connectivity index (χ4v) is 4.08. The van der Waals surface area contributed by atoms with Gasteiger partial charge < -0.3 is 10.2 Å². The molecule has 1 aliphatic rings. The molecule has 0 radical (unpaired) electrons. The Morgan fingerprint density at radius 3 is 2.48 bits per heavy atom. The standard InChI is InChI=1S/C15H18N2O4S.ClH/c16-11-2-4-12(5-3-11)17-22(19,20)13-6-7-14-10(9-13)1-8-15(18)21-14;/h1,6-9,11-12,17H,2-5,16H2;1H. The smallest absolute Gasteiger partial charge is 0.336 e. The van der Waals surface area contributed by atoms with Crippen molar-refractivity contribution in [2.45, 2.75) is 42.7 Å². The van der Waals surface area contributed by atoms with Gasteiger partial charge >= 0.3 is 5.63 Å². The summed E-state index contributed by atoms with van der Waals surface area (Å²) in [5.41, 5.74) is 5.74. The van der Waals surface area contributed by atoms with E-state index in [0.29, 0.717) is 11.0 Å². The van der Waals surface area contributed by atoms with Crippen molar-refractivity contribution in [2.75, 3.05) is 0 Å². The van der Waals surface area contributed by atoms with E-state index in [1.54, 1.807) is 6.07 Å². The zero-order valence-corrected chi connectivity index (χ0v) is 14.0. The number of sulfonamides is 1. The molecule has 2 aromatic rings. The van der Waals surface area contributed by atoms with Crippen LogP contribution >= 0.6 is 12.4 Å². The molecule has 8 heteroatoms. The summed E-state index contributed by atoms with van der Waals surface area (Å²) >= 11 is 0. The Labute approximate surface area is 140 Å². The van der Waals surface area contributed by atoms with Crippen LogP contribution in [0.4, 0.5) is 0 Å². The van der Waals surface area contributed by atoms with E-state index < -0.39 is 15.6 Å². The van der Waals surface area contributed by atoms with E-state index in [9.17, 15) is 13.2 Å². The predicted molar refractivity (Wildman–Crippen MR) is 90.3 cm³/mol. The zero-order valence-electron chi connectivity index (χ0n) is 12.4. The highest BCUT2D eigenvalue weighted by atomic mass is 35.5. The number of fused-ring (bicyclic) bond motifs is 1. The Hall–Kier alpha value is -1.41. The molecular formula is C15H19ClN2O4S. The maximum Gasteiger partial charge on any atom is 0.336 e. The molecule has 23 heavy (non-hydrogen) atoms. The van der Waals surface area contributed by atoms with E-state index in [-0.39, 0.29) is 29.4 Å². The third-order valence-corrected chi connectivity index (χ3v) is 5.51. The molecule has 3 N–H and O–H groups in total. The van der Waals surface area contributed by atoms with Crippen LogP contribution < -0.4 is 16.1 Å². The molecule has 3 rings (SSSR count). The van der Waals surface area contributed by atoms with Gasteiger partial charge in [0.15, 0.2) is 0 Å². The SMILES string of the molecule is Cl.NC1CCC(NS(=O)(=O)c2ccc3oc(=O)ccc3c2)CC1. The Balaban J connectivity index is 0.00000192. The third kappa shape index (κ3) is 4.11. The molecular weight excluding hydrogens is 340 g/mol. The number of halogens is 1. The average Bonchev–Trinajstić information content (AvgIpc) is 2.49. The van der Waals surface area contributed by atoms with Crippen LogP contribution in [0.25, 0.3) is 11.0 Å². The summed E-state index contributed by atoms with van der Waals surface area (Å²) in [6.07, 6.45) is 3.16. The van der Waals surface area contributed by atoms with E-state index in [1.807, 2.05) is 0 Å². The van der Waals surface area contributed by atoms with E-state index in [2.05, 4.69) is 4.72 Å². The lowest BCUT2D eigenvalue weighted by Crippen LogP contribution is -2.40. The molecule has 0 spiro atoms. The minimum absolute atomic E-state index is 0. The van der Waals surface area contributed by atoms with Gasteiger partial charge in [0.25, 0.3) is 0 Å². The van der Waals surface area contributed by atoms with Gasteiger partial charge in [0.2, 0.25) is 10.0 Å². The van der Waals surface area contributed by atoms with Gasteiger partial charge in [-0.05, 0) is 49.9 Å². The molecule has 0 aliphatic heterocycles. The van der Waals surface area contributed by atoms with E-state index in [1.165, 1.54) is 24.3 Å². The lowest BCUT2D eigenvalue weighted by Gasteiger charge is -2.26. The Morgan fingerprint density at radius 2 is 1.78 bits per heavy atom. The van der Waals surface area contributed by atoms with Crippen LogP contribution in [-0.2, 0) is 10.0 Å². The highest BCUT2D eigenvalue weighted by Crippen LogP contribution is 2.21. The molecule has 0 unspecified atom stereocenters.